The van der Waals surface area contributed by atoms with Crippen LogP contribution in [0.25, 0.3) is 0 Å². The van der Waals surface area contributed by atoms with Gasteiger partial charge in [-0.15, -0.1) is 6.58 Å². The van der Waals surface area contributed by atoms with Crippen LogP contribution in [0.2, 0.25) is 0 Å². The van der Waals surface area contributed by atoms with Crippen LogP contribution in [0.1, 0.15) is 32.0 Å². The van der Waals surface area contributed by atoms with Crippen LogP contribution in [0.3, 0.4) is 0 Å². The van der Waals surface area contributed by atoms with Gasteiger partial charge in [-0.1, -0.05) is 19.9 Å². The second-order valence-corrected chi connectivity index (χ2v) is 4.42. The standard InChI is InChI=1S/C10H15N3O2S/c1-4-5-7(9(14)15)11-10-12-8(6(2)3)13-16-10/h4,6-7H,1,5H2,2-3H3,(H,14,15)(H,11,12,13). The molecule has 1 aromatic heterocycles. The number of nitrogens with one attached hydrogen (secondary N) is 1. The Bertz CT molecular complexity index is 376. The molecule has 0 amide bonds. The van der Waals surface area contributed by atoms with Crippen molar-refractivity contribution in [1.29, 1.82) is 0 Å². The third-order valence-electron chi connectivity index (χ3n) is 1.96. The Kier molecular flexibility index (Phi) is 4.42. The molecule has 88 valence electrons. The van der Waals surface area contributed by atoms with Crippen molar-refractivity contribution in [3.05, 3.63) is 18.5 Å². The summed E-state index contributed by atoms with van der Waals surface area (Å²) < 4.78 is 4.14. The summed E-state index contributed by atoms with van der Waals surface area (Å²) in [5.74, 6) is 0.0610. The highest BCUT2D eigenvalue weighted by Crippen LogP contribution is 2.18. The van der Waals surface area contributed by atoms with Gasteiger partial charge in [0.15, 0.2) is 0 Å². The van der Waals surface area contributed by atoms with Gasteiger partial charge < -0.3 is 10.4 Å². The van der Waals surface area contributed by atoms with E-state index in [1.165, 1.54) is 11.5 Å². The van der Waals surface area contributed by atoms with E-state index in [0.29, 0.717) is 11.6 Å². The van der Waals surface area contributed by atoms with Crippen molar-refractivity contribution in [3.8, 4) is 0 Å². The summed E-state index contributed by atoms with van der Waals surface area (Å²) in [6, 6.07) is -0.689. The molecule has 0 spiro atoms. The van der Waals surface area contributed by atoms with Crippen LogP contribution < -0.4 is 5.32 Å². The van der Waals surface area contributed by atoms with E-state index in [-0.39, 0.29) is 5.92 Å². The zero-order valence-corrected chi connectivity index (χ0v) is 10.1. The molecule has 0 aliphatic carbocycles. The first-order valence-electron chi connectivity index (χ1n) is 4.98. The van der Waals surface area contributed by atoms with Gasteiger partial charge in [0.1, 0.15) is 11.9 Å². The lowest BCUT2D eigenvalue weighted by atomic mass is 10.2. The second-order valence-electron chi connectivity index (χ2n) is 3.67. The molecule has 1 rings (SSSR count). The predicted molar refractivity (Wildman–Crippen MR) is 63.9 cm³/mol. The topological polar surface area (TPSA) is 75.1 Å². The lowest BCUT2D eigenvalue weighted by molar-refractivity contribution is -0.137. The van der Waals surface area contributed by atoms with Crippen molar-refractivity contribution >= 4 is 22.6 Å². The van der Waals surface area contributed by atoms with Gasteiger partial charge >= 0.3 is 5.97 Å². The third-order valence-corrected chi connectivity index (χ3v) is 2.62. The molecule has 0 aliphatic rings. The number of aromatic nitrogens is 2. The number of hydrogen-bond acceptors (Lipinski definition) is 5. The van der Waals surface area contributed by atoms with Crippen LogP contribution in [0, 0.1) is 0 Å². The van der Waals surface area contributed by atoms with E-state index in [0.717, 1.165) is 5.82 Å². The minimum absolute atomic E-state index is 0.245. The SMILES string of the molecule is C=CCC(Nc1nc(C(C)C)ns1)C(=O)O. The molecule has 16 heavy (non-hydrogen) atoms. The van der Waals surface area contributed by atoms with Gasteiger partial charge in [-0.25, -0.2) is 9.78 Å². The Balaban J connectivity index is 2.69. The molecule has 1 atom stereocenters. The molecule has 1 heterocycles. The smallest absolute Gasteiger partial charge is 0.326 e. The Morgan fingerprint density at radius 3 is 2.81 bits per heavy atom. The molecule has 0 aliphatic heterocycles. The summed E-state index contributed by atoms with van der Waals surface area (Å²) in [6.45, 7) is 7.50. The van der Waals surface area contributed by atoms with Crippen molar-refractivity contribution in [3.63, 3.8) is 0 Å². The molecule has 5 nitrogen and oxygen atoms in total. The maximum absolute atomic E-state index is 10.9. The first-order chi connectivity index (χ1) is 7.54. The fraction of sp³-hybridized carbons (Fsp3) is 0.500. The first-order valence-corrected chi connectivity index (χ1v) is 5.75. The number of carboxylic acids is 1. The van der Waals surface area contributed by atoms with Crippen LogP contribution in [-0.2, 0) is 4.79 Å². The Morgan fingerprint density at radius 2 is 2.38 bits per heavy atom. The van der Waals surface area contributed by atoms with Crippen molar-refractivity contribution < 1.29 is 9.90 Å². The number of nitrogens with zero attached hydrogens (tertiary/aromatic N) is 2. The molecule has 1 unspecified atom stereocenters. The van der Waals surface area contributed by atoms with Crippen LogP contribution in [0.15, 0.2) is 12.7 Å². The zero-order chi connectivity index (χ0) is 12.1. The monoisotopic (exact) mass is 241 g/mol. The minimum atomic E-state index is -0.916. The lowest BCUT2D eigenvalue weighted by Crippen LogP contribution is -2.28. The average molecular weight is 241 g/mol. The fourth-order valence-corrected chi connectivity index (χ4v) is 1.83. The van der Waals surface area contributed by atoms with Gasteiger partial charge in [-0.2, -0.15) is 4.37 Å². The molecular weight excluding hydrogens is 226 g/mol. The number of carbonyl (C=O) groups is 1. The lowest BCUT2D eigenvalue weighted by Gasteiger charge is -2.10. The minimum Gasteiger partial charge on any atom is -0.480 e. The zero-order valence-electron chi connectivity index (χ0n) is 9.30. The van der Waals surface area contributed by atoms with Gasteiger partial charge in [-0.3, -0.25) is 0 Å². The molecule has 0 bridgehead atoms. The Morgan fingerprint density at radius 1 is 1.69 bits per heavy atom. The van der Waals surface area contributed by atoms with Crippen molar-refractivity contribution in [1.82, 2.24) is 9.36 Å². The van der Waals surface area contributed by atoms with Gasteiger partial charge in [0.25, 0.3) is 0 Å². The molecule has 6 heteroatoms. The molecule has 2 N–H and O–H groups in total. The molecule has 0 radical (unpaired) electrons. The van der Waals surface area contributed by atoms with E-state index in [1.54, 1.807) is 6.08 Å². The average Bonchev–Trinajstić information content (AvgIpc) is 2.65. The largest absolute Gasteiger partial charge is 0.480 e. The van der Waals surface area contributed by atoms with Crippen LogP contribution in [0.5, 0.6) is 0 Å². The van der Waals surface area contributed by atoms with E-state index in [9.17, 15) is 4.79 Å². The quantitative estimate of drug-likeness (QED) is 0.746. The van der Waals surface area contributed by atoms with Crippen molar-refractivity contribution in [2.24, 2.45) is 0 Å². The van der Waals surface area contributed by atoms with E-state index in [2.05, 4.69) is 21.3 Å². The second kappa shape index (κ2) is 5.60. The summed E-state index contributed by atoms with van der Waals surface area (Å²) in [7, 11) is 0. The summed E-state index contributed by atoms with van der Waals surface area (Å²) in [4.78, 5) is 15.1. The molecule has 1 aromatic rings. The maximum atomic E-state index is 10.9. The van der Waals surface area contributed by atoms with Gasteiger partial charge in [-0.05, 0) is 6.42 Å². The number of anilines is 1. The van der Waals surface area contributed by atoms with Gasteiger partial charge in [0, 0.05) is 17.5 Å². The molecule has 0 saturated heterocycles. The molecule has 0 fully saturated rings. The van der Waals surface area contributed by atoms with Crippen LogP contribution in [0.4, 0.5) is 5.13 Å². The van der Waals surface area contributed by atoms with E-state index in [4.69, 9.17) is 5.11 Å². The fourth-order valence-electron chi connectivity index (χ4n) is 1.07. The Labute approximate surface area is 98.4 Å². The summed E-state index contributed by atoms with van der Waals surface area (Å²) in [5, 5.41) is 12.3. The van der Waals surface area contributed by atoms with E-state index >= 15 is 0 Å². The molecular formula is C10H15N3O2S. The summed E-state index contributed by atoms with van der Waals surface area (Å²) in [5.41, 5.74) is 0. The van der Waals surface area contributed by atoms with Gasteiger partial charge in [0.05, 0.1) is 0 Å². The van der Waals surface area contributed by atoms with Crippen molar-refractivity contribution in [2.45, 2.75) is 32.2 Å². The van der Waals surface area contributed by atoms with Crippen LogP contribution in [-0.4, -0.2) is 26.5 Å². The third kappa shape index (κ3) is 3.30. The highest BCUT2D eigenvalue weighted by molar-refractivity contribution is 7.09. The van der Waals surface area contributed by atoms with E-state index < -0.39 is 12.0 Å². The highest BCUT2D eigenvalue weighted by atomic mass is 32.1. The normalized spacial score (nSPS) is 12.4. The Hall–Kier alpha value is -1.43. The summed E-state index contributed by atoms with van der Waals surface area (Å²) in [6.07, 6.45) is 1.92. The first kappa shape index (κ1) is 12.6. The number of rotatable bonds is 6. The van der Waals surface area contributed by atoms with E-state index in [1.807, 2.05) is 13.8 Å². The highest BCUT2D eigenvalue weighted by Gasteiger charge is 2.17. The maximum Gasteiger partial charge on any atom is 0.326 e. The predicted octanol–water partition coefficient (Wildman–Crippen LogP) is 2.10. The number of carboxylic acid groups (broad SMARTS) is 1. The number of aliphatic carboxylic acids is 1. The summed E-state index contributed by atoms with van der Waals surface area (Å²) >= 11 is 1.18. The molecule has 0 aromatic carbocycles. The number of hydrogen-bond donors (Lipinski definition) is 2. The van der Waals surface area contributed by atoms with Crippen molar-refractivity contribution in [2.75, 3.05) is 5.32 Å². The molecule has 0 saturated carbocycles. The van der Waals surface area contributed by atoms with Gasteiger partial charge in [0.2, 0.25) is 5.13 Å². The van der Waals surface area contributed by atoms with Crippen LogP contribution >= 0.6 is 11.5 Å².